The quantitative estimate of drug-likeness (QED) is 0.724. The third kappa shape index (κ3) is 2.22. The number of rotatable bonds is 2. The average Bonchev–Trinajstić information content (AvgIpc) is 2.30. The zero-order valence-electron chi connectivity index (χ0n) is 7.85. The van der Waals surface area contributed by atoms with Crippen LogP contribution in [0.15, 0.2) is 48.7 Å². The first-order chi connectivity index (χ1) is 7.27. The Balaban J connectivity index is 2.36. The SMILES string of the molecule is O=C(Cl)c1ccc(-c2ccccc2)cn1. The number of carbonyl (C=O) groups is 1. The van der Waals surface area contributed by atoms with Gasteiger partial charge in [-0.3, -0.25) is 9.78 Å². The molecular formula is C12H8ClNO. The minimum absolute atomic E-state index is 0.274. The monoisotopic (exact) mass is 217 g/mol. The van der Waals surface area contributed by atoms with E-state index in [4.69, 9.17) is 11.6 Å². The molecule has 3 heteroatoms. The van der Waals surface area contributed by atoms with E-state index in [9.17, 15) is 4.79 Å². The van der Waals surface area contributed by atoms with Gasteiger partial charge in [0.2, 0.25) is 0 Å². The standard InChI is InChI=1S/C12H8ClNO/c13-12(15)11-7-6-10(8-14-11)9-4-2-1-3-5-9/h1-8H. The molecule has 0 spiro atoms. The third-order valence-corrected chi connectivity index (χ3v) is 2.27. The molecule has 0 aliphatic rings. The maximum absolute atomic E-state index is 10.8. The average molecular weight is 218 g/mol. The normalized spacial score (nSPS) is 9.93. The molecule has 1 aromatic heterocycles. The van der Waals surface area contributed by atoms with Gasteiger partial charge in [0.1, 0.15) is 5.69 Å². The lowest BCUT2D eigenvalue weighted by molar-refractivity contribution is 0.107. The Hall–Kier alpha value is -1.67. The summed E-state index contributed by atoms with van der Waals surface area (Å²) in [5.41, 5.74) is 2.31. The summed E-state index contributed by atoms with van der Waals surface area (Å²) in [4.78, 5) is 14.8. The van der Waals surface area contributed by atoms with Gasteiger partial charge in [0, 0.05) is 11.8 Å². The van der Waals surface area contributed by atoms with Crippen LogP contribution in [0.5, 0.6) is 0 Å². The molecule has 0 aliphatic carbocycles. The Labute approximate surface area is 92.5 Å². The second kappa shape index (κ2) is 4.24. The summed E-state index contributed by atoms with van der Waals surface area (Å²) in [6.45, 7) is 0. The maximum atomic E-state index is 10.8. The van der Waals surface area contributed by atoms with Crippen molar-refractivity contribution < 1.29 is 4.79 Å². The topological polar surface area (TPSA) is 30.0 Å². The molecule has 2 nitrogen and oxygen atoms in total. The number of halogens is 1. The highest BCUT2D eigenvalue weighted by Crippen LogP contribution is 2.17. The second-order valence-electron chi connectivity index (χ2n) is 3.07. The molecule has 2 aromatic rings. The van der Waals surface area contributed by atoms with E-state index in [1.165, 1.54) is 0 Å². The molecule has 74 valence electrons. The molecule has 15 heavy (non-hydrogen) atoms. The van der Waals surface area contributed by atoms with Crippen molar-refractivity contribution in [1.82, 2.24) is 4.98 Å². The van der Waals surface area contributed by atoms with Crippen LogP contribution < -0.4 is 0 Å². The lowest BCUT2D eigenvalue weighted by Crippen LogP contribution is -1.92. The van der Waals surface area contributed by atoms with Gasteiger partial charge in [-0.2, -0.15) is 0 Å². The molecule has 1 heterocycles. The van der Waals surface area contributed by atoms with E-state index < -0.39 is 5.24 Å². The molecule has 0 saturated heterocycles. The van der Waals surface area contributed by atoms with E-state index in [1.54, 1.807) is 12.3 Å². The lowest BCUT2D eigenvalue weighted by Gasteiger charge is -2.00. The van der Waals surface area contributed by atoms with Gasteiger partial charge < -0.3 is 0 Å². The van der Waals surface area contributed by atoms with Crippen LogP contribution in [-0.2, 0) is 0 Å². The molecule has 1 aromatic carbocycles. The van der Waals surface area contributed by atoms with Crippen LogP contribution in [0.3, 0.4) is 0 Å². The zero-order chi connectivity index (χ0) is 10.7. The fraction of sp³-hybridized carbons (Fsp3) is 0. The van der Waals surface area contributed by atoms with E-state index in [-0.39, 0.29) is 5.69 Å². The van der Waals surface area contributed by atoms with Crippen LogP contribution in [0.4, 0.5) is 0 Å². The zero-order valence-corrected chi connectivity index (χ0v) is 8.61. The Morgan fingerprint density at radius 3 is 2.27 bits per heavy atom. The predicted molar refractivity (Wildman–Crippen MR) is 59.9 cm³/mol. The van der Waals surface area contributed by atoms with Crippen molar-refractivity contribution in [1.29, 1.82) is 0 Å². The van der Waals surface area contributed by atoms with Gasteiger partial charge in [0.25, 0.3) is 5.24 Å². The van der Waals surface area contributed by atoms with Crippen molar-refractivity contribution in [3.63, 3.8) is 0 Å². The van der Waals surface area contributed by atoms with Crippen molar-refractivity contribution in [2.45, 2.75) is 0 Å². The Kier molecular flexibility index (Phi) is 2.79. The van der Waals surface area contributed by atoms with Crippen LogP contribution in [0.1, 0.15) is 10.5 Å². The van der Waals surface area contributed by atoms with Crippen molar-refractivity contribution in [3.05, 3.63) is 54.4 Å². The lowest BCUT2D eigenvalue weighted by atomic mass is 10.1. The summed E-state index contributed by atoms with van der Waals surface area (Å²) in [7, 11) is 0. The van der Waals surface area contributed by atoms with Gasteiger partial charge in [0.05, 0.1) is 0 Å². The maximum Gasteiger partial charge on any atom is 0.270 e. The number of benzene rings is 1. The van der Waals surface area contributed by atoms with Crippen LogP contribution in [0.25, 0.3) is 11.1 Å². The molecule has 0 saturated carbocycles. The summed E-state index contributed by atoms with van der Waals surface area (Å²) in [5.74, 6) is 0. The summed E-state index contributed by atoms with van der Waals surface area (Å²) < 4.78 is 0. The fourth-order valence-corrected chi connectivity index (χ4v) is 1.42. The van der Waals surface area contributed by atoms with Crippen LogP contribution in [0, 0.1) is 0 Å². The molecule has 0 amide bonds. The number of carbonyl (C=O) groups excluding carboxylic acids is 1. The third-order valence-electron chi connectivity index (χ3n) is 2.07. The number of hydrogen-bond donors (Lipinski definition) is 0. The molecule has 0 aliphatic heterocycles. The fourth-order valence-electron chi connectivity index (χ4n) is 1.31. The van der Waals surface area contributed by atoms with E-state index >= 15 is 0 Å². The van der Waals surface area contributed by atoms with Crippen molar-refractivity contribution >= 4 is 16.8 Å². The second-order valence-corrected chi connectivity index (χ2v) is 3.42. The largest absolute Gasteiger partial charge is 0.274 e. The van der Waals surface area contributed by atoms with E-state index in [2.05, 4.69) is 4.98 Å². The van der Waals surface area contributed by atoms with Crippen molar-refractivity contribution in [2.75, 3.05) is 0 Å². The first-order valence-corrected chi connectivity index (χ1v) is 4.86. The first kappa shape index (κ1) is 9.87. The van der Waals surface area contributed by atoms with Gasteiger partial charge in [-0.05, 0) is 23.2 Å². The minimum atomic E-state index is -0.533. The smallest absolute Gasteiger partial charge is 0.270 e. The Bertz CT molecular complexity index is 465. The molecular weight excluding hydrogens is 210 g/mol. The molecule has 0 unspecified atom stereocenters. The van der Waals surface area contributed by atoms with E-state index in [0.717, 1.165) is 11.1 Å². The highest BCUT2D eigenvalue weighted by molar-refractivity contribution is 6.67. The van der Waals surface area contributed by atoms with Crippen molar-refractivity contribution in [3.8, 4) is 11.1 Å². The molecule has 0 bridgehead atoms. The number of hydrogen-bond acceptors (Lipinski definition) is 2. The van der Waals surface area contributed by atoms with Crippen LogP contribution >= 0.6 is 11.6 Å². The van der Waals surface area contributed by atoms with Crippen molar-refractivity contribution in [2.24, 2.45) is 0 Å². The molecule has 0 radical (unpaired) electrons. The van der Waals surface area contributed by atoms with E-state index in [1.807, 2.05) is 36.4 Å². The Morgan fingerprint density at radius 2 is 1.73 bits per heavy atom. The van der Waals surface area contributed by atoms with Gasteiger partial charge in [-0.1, -0.05) is 36.4 Å². The van der Waals surface area contributed by atoms with E-state index in [0.29, 0.717) is 0 Å². The molecule has 2 rings (SSSR count). The van der Waals surface area contributed by atoms with Gasteiger partial charge in [-0.15, -0.1) is 0 Å². The van der Waals surface area contributed by atoms with Gasteiger partial charge >= 0.3 is 0 Å². The van der Waals surface area contributed by atoms with Gasteiger partial charge in [-0.25, -0.2) is 0 Å². The molecule has 0 N–H and O–H groups in total. The number of nitrogens with zero attached hydrogens (tertiary/aromatic N) is 1. The van der Waals surface area contributed by atoms with Crippen LogP contribution in [-0.4, -0.2) is 10.2 Å². The van der Waals surface area contributed by atoms with Crippen LogP contribution in [0.2, 0.25) is 0 Å². The molecule has 0 fully saturated rings. The van der Waals surface area contributed by atoms with Gasteiger partial charge in [0.15, 0.2) is 0 Å². The Morgan fingerprint density at radius 1 is 1.00 bits per heavy atom. The molecule has 0 atom stereocenters. The highest BCUT2D eigenvalue weighted by Gasteiger charge is 2.03. The predicted octanol–water partition coefficient (Wildman–Crippen LogP) is 3.13. The number of aromatic nitrogens is 1. The summed E-state index contributed by atoms with van der Waals surface area (Å²) in [5, 5.41) is -0.533. The number of pyridine rings is 1. The summed E-state index contributed by atoms with van der Waals surface area (Å²) in [6, 6.07) is 13.3. The first-order valence-electron chi connectivity index (χ1n) is 4.48. The minimum Gasteiger partial charge on any atom is -0.274 e. The summed E-state index contributed by atoms with van der Waals surface area (Å²) >= 11 is 5.30. The summed E-state index contributed by atoms with van der Waals surface area (Å²) in [6.07, 6.45) is 1.64. The highest BCUT2D eigenvalue weighted by atomic mass is 35.5.